The van der Waals surface area contributed by atoms with Crippen LogP contribution in [0, 0.1) is 0 Å². The summed E-state index contributed by atoms with van der Waals surface area (Å²) in [7, 11) is 1.40. The Kier molecular flexibility index (Phi) is 4.40. The van der Waals surface area contributed by atoms with Gasteiger partial charge >= 0.3 is 5.97 Å². The molecule has 160 valence electrons. The van der Waals surface area contributed by atoms with Crippen LogP contribution in [0.1, 0.15) is 73.1 Å². The van der Waals surface area contributed by atoms with Crippen LogP contribution in [-0.2, 0) is 28.4 Å². The molecule has 0 saturated heterocycles. The molecule has 1 heterocycles. The Labute approximate surface area is 184 Å². The van der Waals surface area contributed by atoms with Gasteiger partial charge in [0.1, 0.15) is 0 Å². The summed E-state index contributed by atoms with van der Waals surface area (Å²) in [4.78, 5) is 11.8. The van der Waals surface area contributed by atoms with Crippen molar-refractivity contribution in [2.75, 3.05) is 7.11 Å². The highest BCUT2D eigenvalue weighted by molar-refractivity contribution is 5.90. The number of nitrogens with one attached hydrogen (secondary N) is 1. The Morgan fingerprint density at radius 3 is 2.26 bits per heavy atom. The lowest BCUT2D eigenvalue weighted by molar-refractivity contribution is 0.0600. The largest absolute Gasteiger partial charge is 0.465 e. The van der Waals surface area contributed by atoms with E-state index >= 15 is 0 Å². The lowest BCUT2D eigenvalue weighted by Crippen LogP contribution is -2.34. The third-order valence-corrected chi connectivity index (χ3v) is 7.44. The summed E-state index contributed by atoms with van der Waals surface area (Å²) in [6.07, 6.45) is 4.43. The van der Waals surface area contributed by atoms with Crippen molar-refractivity contribution in [2.24, 2.45) is 0 Å². The number of carbonyl (C=O) groups is 1. The lowest BCUT2D eigenvalue weighted by atomic mass is 9.62. The van der Waals surface area contributed by atoms with Gasteiger partial charge in [0.05, 0.1) is 24.1 Å². The van der Waals surface area contributed by atoms with Crippen LogP contribution in [0.25, 0.3) is 22.5 Å². The molecule has 0 amide bonds. The molecular weight excluding hydrogens is 384 g/mol. The van der Waals surface area contributed by atoms with Crippen molar-refractivity contribution < 1.29 is 9.53 Å². The second-order valence-electron chi connectivity index (χ2n) is 10.3. The Morgan fingerprint density at radius 1 is 0.968 bits per heavy atom. The highest BCUT2D eigenvalue weighted by Gasteiger charge is 2.38. The van der Waals surface area contributed by atoms with Crippen molar-refractivity contribution in [3.8, 4) is 22.5 Å². The van der Waals surface area contributed by atoms with Gasteiger partial charge in [-0.15, -0.1) is 0 Å². The number of carbonyl (C=O) groups excluding carboxylic acids is 1. The highest BCUT2D eigenvalue weighted by atomic mass is 16.5. The molecule has 0 radical (unpaired) electrons. The number of nitrogens with zero attached hydrogens (tertiary/aromatic N) is 1. The molecule has 1 aromatic heterocycles. The van der Waals surface area contributed by atoms with Gasteiger partial charge in [-0.25, -0.2) is 4.79 Å². The molecule has 4 heteroatoms. The second-order valence-corrected chi connectivity index (χ2v) is 10.3. The summed E-state index contributed by atoms with van der Waals surface area (Å²) >= 11 is 0. The standard InChI is InChI=1S/C27H30N2O2/c1-26(2)12-13-27(3,4)22-15-20-18(14-21(22)26)10-11-19-23(28-29-24(19)20)16-6-8-17(9-7-16)25(30)31-5/h6-9,14-15H,10-13H2,1-5H3,(H,28,29). The third-order valence-electron chi connectivity index (χ3n) is 7.44. The molecule has 31 heavy (non-hydrogen) atoms. The number of ether oxygens (including phenoxy) is 1. The second kappa shape index (κ2) is 6.81. The number of aryl methyl sites for hydroxylation is 1. The van der Waals surface area contributed by atoms with Crippen molar-refractivity contribution >= 4 is 5.97 Å². The average Bonchev–Trinajstić information content (AvgIpc) is 3.20. The number of esters is 1. The number of hydrogen-bond donors (Lipinski definition) is 1. The minimum Gasteiger partial charge on any atom is -0.465 e. The number of H-pyrrole nitrogens is 1. The van der Waals surface area contributed by atoms with Gasteiger partial charge in [-0.1, -0.05) is 45.9 Å². The Bertz CT molecular complexity index is 1180. The first kappa shape index (κ1) is 20.0. The molecule has 4 nitrogen and oxygen atoms in total. The molecule has 2 aliphatic carbocycles. The summed E-state index contributed by atoms with van der Waals surface area (Å²) in [5, 5.41) is 8.04. The van der Waals surface area contributed by atoms with Crippen LogP contribution in [0.2, 0.25) is 0 Å². The predicted molar refractivity (Wildman–Crippen MR) is 123 cm³/mol. The van der Waals surface area contributed by atoms with Crippen LogP contribution >= 0.6 is 0 Å². The first-order chi connectivity index (χ1) is 14.7. The number of aromatic nitrogens is 2. The van der Waals surface area contributed by atoms with E-state index in [4.69, 9.17) is 9.84 Å². The van der Waals surface area contributed by atoms with Crippen LogP contribution < -0.4 is 0 Å². The van der Waals surface area contributed by atoms with E-state index in [-0.39, 0.29) is 16.8 Å². The van der Waals surface area contributed by atoms with Gasteiger partial charge in [0.25, 0.3) is 0 Å². The number of methoxy groups -OCH3 is 1. The normalized spacial score (nSPS) is 18.0. The molecule has 0 aliphatic heterocycles. The monoisotopic (exact) mass is 414 g/mol. The lowest BCUT2D eigenvalue weighted by Gasteiger charge is -2.42. The van der Waals surface area contributed by atoms with Gasteiger partial charge in [-0.05, 0) is 71.4 Å². The molecule has 3 aromatic rings. The fraction of sp³-hybridized carbons (Fsp3) is 0.407. The first-order valence-corrected chi connectivity index (χ1v) is 11.2. The zero-order valence-corrected chi connectivity index (χ0v) is 19.1. The van der Waals surface area contributed by atoms with E-state index in [9.17, 15) is 4.79 Å². The van der Waals surface area contributed by atoms with Crippen molar-refractivity contribution in [2.45, 2.75) is 64.2 Å². The van der Waals surface area contributed by atoms with E-state index in [0.29, 0.717) is 5.56 Å². The van der Waals surface area contributed by atoms with E-state index in [1.54, 1.807) is 12.1 Å². The Balaban J connectivity index is 1.60. The highest BCUT2D eigenvalue weighted by Crippen LogP contribution is 2.49. The van der Waals surface area contributed by atoms with Gasteiger partial charge in [0.15, 0.2) is 0 Å². The van der Waals surface area contributed by atoms with E-state index in [1.165, 1.54) is 47.8 Å². The molecule has 0 saturated carbocycles. The van der Waals surface area contributed by atoms with Crippen LogP contribution in [-0.4, -0.2) is 23.3 Å². The van der Waals surface area contributed by atoms with Gasteiger partial charge < -0.3 is 4.74 Å². The third kappa shape index (κ3) is 3.12. The van der Waals surface area contributed by atoms with Gasteiger partial charge in [-0.2, -0.15) is 5.10 Å². The number of hydrogen-bond acceptors (Lipinski definition) is 3. The SMILES string of the molecule is COC(=O)c1ccc(-c2n[nH]c3c2CCc2cc4c(cc2-3)C(C)(C)CCC4(C)C)cc1. The smallest absolute Gasteiger partial charge is 0.337 e. The quantitative estimate of drug-likeness (QED) is 0.525. The Hall–Kier alpha value is -2.88. The molecule has 0 spiro atoms. The number of aromatic amines is 1. The molecule has 2 aliphatic rings. The van der Waals surface area contributed by atoms with Crippen molar-refractivity contribution in [1.82, 2.24) is 10.2 Å². The maximum Gasteiger partial charge on any atom is 0.337 e. The molecule has 0 fully saturated rings. The van der Waals surface area contributed by atoms with Crippen LogP contribution in [0.15, 0.2) is 36.4 Å². The maximum absolute atomic E-state index is 11.8. The van der Waals surface area contributed by atoms with E-state index in [0.717, 1.165) is 29.8 Å². The molecule has 5 rings (SSSR count). The Morgan fingerprint density at radius 2 is 1.61 bits per heavy atom. The first-order valence-electron chi connectivity index (χ1n) is 11.2. The maximum atomic E-state index is 11.8. The summed E-state index contributed by atoms with van der Waals surface area (Å²) in [6.45, 7) is 9.51. The van der Waals surface area contributed by atoms with E-state index < -0.39 is 0 Å². The topological polar surface area (TPSA) is 55.0 Å². The molecule has 1 N–H and O–H groups in total. The van der Waals surface area contributed by atoms with Crippen LogP contribution in [0.3, 0.4) is 0 Å². The molecule has 0 bridgehead atoms. The average molecular weight is 415 g/mol. The van der Waals surface area contributed by atoms with Crippen molar-refractivity contribution in [1.29, 1.82) is 0 Å². The molecule has 0 atom stereocenters. The van der Waals surface area contributed by atoms with Gasteiger partial charge in [0.2, 0.25) is 0 Å². The summed E-state index contributed by atoms with van der Waals surface area (Å²) in [5.74, 6) is -0.320. The van der Waals surface area contributed by atoms with Crippen molar-refractivity contribution in [3.05, 3.63) is 64.2 Å². The molecule has 2 aromatic carbocycles. The van der Waals surface area contributed by atoms with E-state index in [2.05, 4.69) is 44.9 Å². The zero-order chi connectivity index (χ0) is 22.0. The summed E-state index contributed by atoms with van der Waals surface area (Å²) < 4.78 is 4.81. The predicted octanol–water partition coefficient (Wildman–Crippen LogP) is 5.98. The summed E-state index contributed by atoms with van der Waals surface area (Å²) in [6, 6.07) is 12.4. The number of benzene rings is 2. The number of fused-ring (bicyclic) bond motifs is 4. The molecule has 0 unspecified atom stereocenters. The van der Waals surface area contributed by atoms with Gasteiger partial charge in [-0.3, -0.25) is 5.10 Å². The van der Waals surface area contributed by atoms with Gasteiger partial charge in [0, 0.05) is 16.7 Å². The van der Waals surface area contributed by atoms with Crippen LogP contribution in [0.5, 0.6) is 0 Å². The number of rotatable bonds is 2. The fourth-order valence-corrected chi connectivity index (χ4v) is 5.31. The summed E-state index contributed by atoms with van der Waals surface area (Å²) in [5.41, 5.74) is 11.1. The van der Waals surface area contributed by atoms with Crippen molar-refractivity contribution in [3.63, 3.8) is 0 Å². The molecular formula is C27H30N2O2. The minimum absolute atomic E-state index is 0.185. The van der Waals surface area contributed by atoms with Crippen LogP contribution in [0.4, 0.5) is 0 Å². The minimum atomic E-state index is -0.320. The fourth-order valence-electron chi connectivity index (χ4n) is 5.31. The zero-order valence-electron chi connectivity index (χ0n) is 19.1. The van der Waals surface area contributed by atoms with E-state index in [1.807, 2.05) is 12.1 Å².